The number of rotatable bonds is 2. The normalized spacial score (nSPS) is 13.0. The highest BCUT2D eigenvalue weighted by molar-refractivity contribution is 7.07. The molecule has 0 aliphatic rings. The van der Waals surface area contributed by atoms with Crippen LogP contribution < -0.4 is 5.73 Å². The molecule has 0 fully saturated rings. The van der Waals surface area contributed by atoms with Crippen molar-refractivity contribution in [3.8, 4) is 0 Å². The van der Waals surface area contributed by atoms with Gasteiger partial charge in [-0.05, 0) is 35.4 Å². The van der Waals surface area contributed by atoms with Crippen molar-refractivity contribution in [2.24, 2.45) is 0 Å². The number of fused-ring (bicyclic) bond motifs is 1. The van der Waals surface area contributed by atoms with Crippen LogP contribution in [0.15, 0.2) is 35.3 Å². The first-order valence-corrected chi connectivity index (χ1v) is 6.31. The van der Waals surface area contributed by atoms with Gasteiger partial charge in [0.1, 0.15) is 5.52 Å². The van der Waals surface area contributed by atoms with Crippen molar-refractivity contribution in [1.82, 2.24) is 14.5 Å². The zero-order valence-corrected chi connectivity index (χ0v) is 10.2. The minimum atomic E-state index is 0.189. The van der Waals surface area contributed by atoms with Crippen LogP contribution >= 0.6 is 11.3 Å². The molecule has 0 amide bonds. The molecular formula is C12H12N4S. The number of aromatic nitrogens is 3. The van der Waals surface area contributed by atoms with Crippen LogP contribution in [-0.2, 0) is 0 Å². The second-order valence-corrected chi connectivity index (χ2v) is 4.72. The predicted molar refractivity (Wildman–Crippen MR) is 70.1 cm³/mol. The Morgan fingerprint density at radius 3 is 3.06 bits per heavy atom. The van der Waals surface area contributed by atoms with E-state index in [9.17, 15) is 0 Å². The molecule has 0 radical (unpaired) electrons. The second kappa shape index (κ2) is 3.85. The molecule has 86 valence electrons. The number of anilines is 1. The van der Waals surface area contributed by atoms with Gasteiger partial charge in [-0.1, -0.05) is 0 Å². The van der Waals surface area contributed by atoms with E-state index in [0.717, 1.165) is 11.0 Å². The molecule has 0 aromatic carbocycles. The fourth-order valence-corrected chi connectivity index (χ4v) is 2.79. The van der Waals surface area contributed by atoms with Gasteiger partial charge in [-0.15, -0.1) is 0 Å². The summed E-state index contributed by atoms with van der Waals surface area (Å²) < 4.78 is 2.04. The van der Waals surface area contributed by atoms with E-state index >= 15 is 0 Å². The smallest absolute Gasteiger partial charge is 0.201 e. The Bertz CT molecular complexity index is 642. The fourth-order valence-electron chi connectivity index (χ4n) is 2.04. The van der Waals surface area contributed by atoms with Gasteiger partial charge in [-0.3, -0.25) is 4.98 Å². The number of thiophene rings is 1. The summed E-state index contributed by atoms with van der Waals surface area (Å²) in [5.74, 6) is 0.534. The van der Waals surface area contributed by atoms with Gasteiger partial charge in [0.25, 0.3) is 0 Å². The van der Waals surface area contributed by atoms with E-state index in [1.54, 1.807) is 23.7 Å². The Labute approximate surface area is 103 Å². The van der Waals surface area contributed by atoms with Crippen molar-refractivity contribution in [2.45, 2.75) is 13.0 Å². The van der Waals surface area contributed by atoms with Gasteiger partial charge in [-0.2, -0.15) is 11.3 Å². The van der Waals surface area contributed by atoms with Crippen molar-refractivity contribution >= 4 is 28.3 Å². The van der Waals surface area contributed by atoms with E-state index in [0.29, 0.717) is 5.95 Å². The lowest BCUT2D eigenvalue weighted by atomic mass is 10.2. The standard InChI is InChI=1S/C12H12N4S/c1-8(9-3-5-17-7-9)16-11-2-4-14-6-10(11)15-12(16)13/h2-8H,1H3,(H2,13,15). The maximum atomic E-state index is 5.99. The summed E-state index contributed by atoms with van der Waals surface area (Å²) in [5.41, 5.74) is 9.10. The summed E-state index contributed by atoms with van der Waals surface area (Å²) in [6.07, 6.45) is 3.50. The van der Waals surface area contributed by atoms with Crippen molar-refractivity contribution in [2.75, 3.05) is 5.73 Å². The largest absolute Gasteiger partial charge is 0.369 e. The zero-order valence-electron chi connectivity index (χ0n) is 9.37. The first kappa shape index (κ1) is 10.3. The number of pyridine rings is 1. The van der Waals surface area contributed by atoms with Gasteiger partial charge < -0.3 is 10.3 Å². The zero-order chi connectivity index (χ0) is 11.8. The van der Waals surface area contributed by atoms with Crippen LogP contribution in [-0.4, -0.2) is 14.5 Å². The van der Waals surface area contributed by atoms with Crippen LogP contribution in [0.2, 0.25) is 0 Å². The predicted octanol–water partition coefficient (Wildman–Crippen LogP) is 2.68. The van der Waals surface area contributed by atoms with E-state index in [-0.39, 0.29) is 6.04 Å². The first-order valence-electron chi connectivity index (χ1n) is 5.37. The molecule has 1 unspecified atom stereocenters. The van der Waals surface area contributed by atoms with Crippen LogP contribution in [0, 0.1) is 0 Å². The van der Waals surface area contributed by atoms with Crippen molar-refractivity contribution in [3.05, 3.63) is 40.8 Å². The quantitative estimate of drug-likeness (QED) is 0.754. The Morgan fingerprint density at radius 2 is 2.29 bits per heavy atom. The summed E-state index contributed by atoms with van der Waals surface area (Å²) in [7, 11) is 0. The molecule has 0 bridgehead atoms. The van der Waals surface area contributed by atoms with Gasteiger partial charge in [0.05, 0.1) is 17.8 Å². The van der Waals surface area contributed by atoms with Crippen molar-refractivity contribution < 1.29 is 0 Å². The Morgan fingerprint density at radius 1 is 1.41 bits per heavy atom. The summed E-state index contributed by atoms with van der Waals surface area (Å²) in [5, 5.41) is 4.21. The number of hydrogen-bond acceptors (Lipinski definition) is 4. The molecule has 0 aliphatic heterocycles. The highest BCUT2D eigenvalue weighted by atomic mass is 32.1. The highest BCUT2D eigenvalue weighted by Gasteiger charge is 2.15. The average molecular weight is 244 g/mol. The minimum Gasteiger partial charge on any atom is -0.369 e. The molecule has 0 aliphatic carbocycles. The summed E-state index contributed by atoms with van der Waals surface area (Å²) in [6.45, 7) is 2.12. The molecule has 3 heterocycles. The van der Waals surface area contributed by atoms with Gasteiger partial charge in [-0.25, -0.2) is 4.98 Å². The molecule has 0 saturated heterocycles. The molecule has 2 N–H and O–H groups in total. The molecule has 3 rings (SSSR count). The average Bonchev–Trinajstić information content (AvgIpc) is 2.94. The lowest BCUT2D eigenvalue weighted by Gasteiger charge is -2.14. The Hall–Kier alpha value is -1.88. The van der Waals surface area contributed by atoms with Gasteiger partial charge in [0.2, 0.25) is 5.95 Å². The molecule has 3 aromatic rings. The Balaban J connectivity index is 2.20. The molecule has 5 heteroatoms. The third-order valence-electron chi connectivity index (χ3n) is 2.93. The van der Waals surface area contributed by atoms with Crippen molar-refractivity contribution in [3.63, 3.8) is 0 Å². The molecule has 0 saturated carbocycles. The molecule has 3 aromatic heterocycles. The maximum Gasteiger partial charge on any atom is 0.201 e. The maximum absolute atomic E-state index is 5.99. The monoisotopic (exact) mass is 244 g/mol. The van der Waals surface area contributed by atoms with Crippen LogP contribution in [0.5, 0.6) is 0 Å². The van der Waals surface area contributed by atoms with Crippen LogP contribution in [0.4, 0.5) is 5.95 Å². The summed E-state index contributed by atoms with van der Waals surface area (Å²) >= 11 is 1.69. The highest BCUT2D eigenvalue weighted by Crippen LogP contribution is 2.27. The van der Waals surface area contributed by atoms with Crippen LogP contribution in [0.25, 0.3) is 11.0 Å². The van der Waals surface area contributed by atoms with Gasteiger partial charge in [0.15, 0.2) is 0 Å². The molecule has 0 spiro atoms. The van der Waals surface area contributed by atoms with Crippen LogP contribution in [0.3, 0.4) is 0 Å². The molecule has 17 heavy (non-hydrogen) atoms. The van der Waals surface area contributed by atoms with Crippen LogP contribution in [0.1, 0.15) is 18.5 Å². The third kappa shape index (κ3) is 1.59. The van der Waals surface area contributed by atoms with Gasteiger partial charge >= 0.3 is 0 Å². The lowest BCUT2D eigenvalue weighted by Crippen LogP contribution is -2.09. The molecule has 4 nitrogen and oxygen atoms in total. The molecular weight excluding hydrogens is 232 g/mol. The number of hydrogen-bond donors (Lipinski definition) is 1. The molecule has 1 atom stereocenters. The lowest BCUT2D eigenvalue weighted by molar-refractivity contribution is 0.670. The number of imidazole rings is 1. The number of nitrogen functional groups attached to an aromatic ring is 1. The van der Waals surface area contributed by atoms with E-state index in [1.807, 2.05) is 10.6 Å². The van der Waals surface area contributed by atoms with E-state index in [1.165, 1.54) is 5.56 Å². The summed E-state index contributed by atoms with van der Waals surface area (Å²) in [6, 6.07) is 4.25. The van der Waals surface area contributed by atoms with E-state index in [2.05, 4.69) is 33.7 Å². The number of nitrogens with zero attached hydrogens (tertiary/aromatic N) is 3. The fraction of sp³-hybridized carbons (Fsp3) is 0.167. The third-order valence-corrected chi connectivity index (χ3v) is 3.63. The van der Waals surface area contributed by atoms with Gasteiger partial charge in [0, 0.05) is 6.20 Å². The first-order chi connectivity index (χ1) is 8.27. The topological polar surface area (TPSA) is 56.7 Å². The van der Waals surface area contributed by atoms with E-state index in [4.69, 9.17) is 5.73 Å². The van der Waals surface area contributed by atoms with E-state index < -0.39 is 0 Å². The minimum absolute atomic E-state index is 0.189. The number of nitrogens with two attached hydrogens (primary N) is 1. The Kier molecular flexibility index (Phi) is 2.33. The SMILES string of the molecule is CC(c1ccsc1)n1c(N)nc2cnccc21. The van der Waals surface area contributed by atoms with Crippen molar-refractivity contribution in [1.29, 1.82) is 0 Å². The second-order valence-electron chi connectivity index (χ2n) is 3.94. The summed E-state index contributed by atoms with van der Waals surface area (Å²) in [4.78, 5) is 8.39.